The Morgan fingerprint density at radius 2 is 2.11 bits per heavy atom. The van der Waals surface area contributed by atoms with Crippen molar-refractivity contribution in [1.29, 1.82) is 0 Å². The number of piperazine rings is 1. The normalized spacial score (nSPS) is 24.1. The molecule has 2 rings (SSSR count). The van der Waals surface area contributed by atoms with Crippen LogP contribution < -0.4 is 5.32 Å². The van der Waals surface area contributed by atoms with E-state index >= 15 is 0 Å². The lowest BCUT2D eigenvalue weighted by Crippen LogP contribution is -2.62. The first-order valence-corrected chi connectivity index (χ1v) is 8.02. The maximum absolute atomic E-state index is 4.70. The quantitative estimate of drug-likeness (QED) is 0.923. The molecule has 1 aliphatic heterocycles. The summed E-state index contributed by atoms with van der Waals surface area (Å²) in [6.45, 7) is 16.7. The van der Waals surface area contributed by atoms with Crippen molar-refractivity contribution < 1.29 is 0 Å². The number of nitrogens with zero attached hydrogens (tertiary/aromatic N) is 2. The molecule has 0 aromatic carbocycles. The lowest BCUT2D eigenvalue weighted by molar-refractivity contribution is 0.0474. The van der Waals surface area contributed by atoms with Crippen LogP contribution in [-0.2, 0) is 6.54 Å². The van der Waals surface area contributed by atoms with E-state index in [-0.39, 0.29) is 5.54 Å². The van der Waals surface area contributed by atoms with Crippen LogP contribution in [0.1, 0.15) is 43.3 Å². The molecule has 1 atom stereocenters. The summed E-state index contributed by atoms with van der Waals surface area (Å²) in [5.41, 5.74) is 1.40. The first-order valence-electron chi connectivity index (χ1n) is 7.21. The van der Waals surface area contributed by atoms with E-state index in [0.29, 0.717) is 12.0 Å². The van der Waals surface area contributed by atoms with Gasteiger partial charge in [0, 0.05) is 29.5 Å². The van der Waals surface area contributed by atoms with Crippen LogP contribution in [-0.4, -0.2) is 34.6 Å². The summed E-state index contributed by atoms with van der Waals surface area (Å²) in [6, 6.07) is 0.593. The van der Waals surface area contributed by atoms with Gasteiger partial charge in [0.05, 0.1) is 12.2 Å². The molecule has 3 nitrogen and oxygen atoms in total. The first-order chi connectivity index (χ1) is 8.79. The fourth-order valence-electron chi connectivity index (χ4n) is 2.54. The molecule has 1 saturated heterocycles. The summed E-state index contributed by atoms with van der Waals surface area (Å²) in [4.78, 5) is 8.64. The van der Waals surface area contributed by atoms with Gasteiger partial charge in [-0.15, -0.1) is 11.3 Å². The average Bonchev–Trinajstić information content (AvgIpc) is 2.60. The van der Waals surface area contributed by atoms with Gasteiger partial charge >= 0.3 is 0 Å². The van der Waals surface area contributed by atoms with E-state index in [2.05, 4.69) is 51.8 Å². The summed E-state index contributed by atoms with van der Waals surface area (Å²) in [5, 5.41) is 4.94. The zero-order valence-electron chi connectivity index (χ0n) is 13.1. The second-order valence-corrected chi connectivity index (χ2v) is 7.96. The Bertz CT molecular complexity index is 417. The molecule has 0 saturated carbocycles. The van der Waals surface area contributed by atoms with Crippen molar-refractivity contribution in [2.45, 2.75) is 59.7 Å². The van der Waals surface area contributed by atoms with E-state index in [4.69, 9.17) is 4.98 Å². The van der Waals surface area contributed by atoms with Crippen LogP contribution in [0.25, 0.3) is 0 Å². The summed E-state index contributed by atoms with van der Waals surface area (Å²) < 4.78 is 0. The van der Waals surface area contributed by atoms with Crippen LogP contribution >= 0.6 is 11.3 Å². The van der Waals surface area contributed by atoms with Crippen LogP contribution in [0.2, 0.25) is 0 Å². The summed E-state index contributed by atoms with van der Waals surface area (Å²) >= 11 is 1.85. The molecule has 108 valence electrons. The Balaban J connectivity index is 2.11. The lowest BCUT2D eigenvalue weighted by Gasteiger charge is -2.47. The summed E-state index contributed by atoms with van der Waals surface area (Å²) in [5.74, 6) is 0.679. The van der Waals surface area contributed by atoms with Gasteiger partial charge in [0.15, 0.2) is 0 Å². The van der Waals surface area contributed by atoms with Gasteiger partial charge < -0.3 is 5.32 Å². The molecule has 0 amide bonds. The summed E-state index contributed by atoms with van der Waals surface area (Å²) in [6.07, 6.45) is 0. The summed E-state index contributed by atoms with van der Waals surface area (Å²) in [7, 11) is 0. The molecule has 1 aromatic rings. The van der Waals surface area contributed by atoms with E-state index < -0.39 is 0 Å². The number of aromatic nitrogens is 1. The fourth-order valence-corrected chi connectivity index (χ4v) is 3.49. The number of thiazole rings is 1. The molecule has 0 bridgehead atoms. The molecule has 1 unspecified atom stereocenters. The average molecular weight is 281 g/mol. The molecule has 0 aliphatic carbocycles. The van der Waals surface area contributed by atoms with Crippen LogP contribution in [0, 0.1) is 19.8 Å². The number of rotatable bonds is 3. The third-order valence-electron chi connectivity index (χ3n) is 4.27. The molecule has 0 radical (unpaired) electrons. The molecule has 0 spiro atoms. The number of hydrogen-bond donors (Lipinski definition) is 1. The highest BCUT2D eigenvalue weighted by atomic mass is 32.1. The lowest BCUT2D eigenvalue weighted by atomic mass is 9.93. The van der Waals surface area contributed by atoms with Crippen LogP contribution in [0.15, 0.2) is 0 Å². The molecular formula is C15H27N3S. The Labute approximate surface area is 121 Å². The third kappa shape index (κ3) is 3.36. The van der Waals surface area contributed by atoms with Crippen molar-refractivity contribution in [1.82, 2.24) is 15.2 Å². The molecule has 1 N–H and O–H groups in total. The Hall–Kier alpha value is -0.450. The van der Waals surface area contributed by atoms with E-state index in [1.165, 1.54) is 15.6 Å². The zero-order chi connectivity index (χ0) is 14.2. The van der Waals surface area contributed by atoms with E-state index in [1.807, 2.05) is 11.3 Å². The van der Waals surface area contributed by atoms with Crippen molar-refractivity contribution in [3.63, 3.8) is 0 Å². The highest BCUT2D eigenvalue weighted by Crippen LogP contribution is 2.26. The van der Waals surface area contributed by atoms with Crippen molar-refractivity contribution in [3.05, 3.63) is 15.6 Å². The van der Waals surface area contributed by atoms with Gasteiger partial charge in [-0.05, 0) is 33.6 Å². The predicted molar refractivity (Wildman–Crippen MR) is 82.7 cm³/mol. The standard InChI is InChI=1S/C15H27N3S/c1-10(2)13-7-18(15(5,6)9-16-13)8-14-17-11(3)12(4)19-14/h10,13,16H,7-9H2,1-6H3. The van der Waals surface area contributed by atoms with Gasteiger partial charge in [0.2, 0.25) is 0 Å². The van der Waals surface area contributed by atoms with E-state index in [9.17, 15) is 0 Å². The largest absolute Gasteiger partial charge is 0.311 e. The van der Waals surface area contributed by atoms with E-state index in [0.717, 1.165) is 19.6 Å². The van der Waals surface area contributed by atoms with E-state index in [1.54, 1.807) is 0 Å². The molecule has 1 aliphatic rings. The molecule has 4 heteroatoms. The van der Waals surface area contributed by atoms with Crippen molar-refractivity contribution in [2.75, 3.05) is 13.1 Å². The molecule has 2 heterocycles. The smallest absolute Gasteiger partial charge is 0.107 e. The second-order valence-electron chi connectivity index (χ2n) is 6.67. The highest BCUT2D eigenvalue weighted by molar-refractivity contribution is 7.11. The minimum absolute atomic E-state index is 0.207. The third-order valence-corrected chi connectivity index (χ3v) is 5.33. The minimum Gasteiger partial charge on any atom is -0.311 e. The van der Waals surface area contributed by atoms with Crippen molar-refractivity contribution in [3.8, 4) is 0 Å². The molecule has 1 aromatic heterocycles. The van der Waals surface area contributed by atoms with Crippen molar-refractivity contribution >= 4 is 11.3 Å². The minimum atomic E-state index is 0.207. The van der Waals surface area contributed by atoms with Gasteiger partial charge in [-0.25, -0.2) is 4.98 Å². The maximum atomic E-state index is 4.70. The Morgan fingerprint density at radius 3 is 2.63 bits per heavy atom. The maximum Gasteiger partial charge on any atom is 0.107 e. The van der Waals surface area contributed by atoms with Gasteiger partial charge in [-0.2, -0.15) is 0 Å². The fraction of sp³-hybridized carbons (Fsp3) is 0.800. The first kappa shape index (κ1) is 14.9. The van der Waals surface area contributed by atoms with Crippen LogP contribution in [0.4, 0.5) is 0 Å². The van der Waals surface area contributed by atoms with Crippen molar-refractivity contribution in [2.24, 2.45) is 5.92 Å². The highest BCUT2D eigenvalue weighted by Gasteiger charge is 2.35. The topological polar surface area (TPSA) is 28.2 Å². The second kappa shape index (κ2) is 5.51. The monoisotopic (exact) mass is 281 g/mol. The number of aryl methyl sites for hydroxylation is 2. The number of hydrogen-bond acceptors (Lipinski definition) is 4. The Morgan fingerprint density at radius 1 is 1.42 bits per heavy atom. The van der Waals surface area contributed by atoms with Gasteiger partial charge in [0.1, 0.15) is 5.01 Å². The molecular weight excluding hydrogens is 254 g/mol. The molecule has 19 heavy (non-hydrogen) atoms. The number of nitrogens with one attached hydrogen (secondary N) is 1. The van der Waals surface area contributed by atoms with Gasteiger partial charge in [-0.1, -0.05) is 13.8 Å². The van der Waals surface area contributed by atoms with Gasteiger partial charge in [-0.3, -0.25) is 4.90 Å². The Kier molecular flexibility index (Phi) is 4.33. The zero-order valence-corrected chi connectivity index (χ0v) is 13.9. The van der Waals surface area contributed by atoms with Gasteiger partial charge in [0.25, 0.3) is 0 Å². The molecule has 1 fully saturated rings. The SMILES string of the molecule is Cc1nc(CN2CC(C(C)C)NCC2(C)C)sc1C. The van der Waals surface area contributed by atoms with Crippen LogP contribution in [0.3, 0.4) is 0 Å². The van der Waals surface area contributed by atoms with Crippen LogP contribution in [0.5, 0.6) is 0 Å². The predicted octanol–water partition coefficient (Wildman–Crippen LogP) is 2.97.